The van der Waals surface area contributed by atoms with Gasteiger partial charge in [-0.15, -0.1) is 0 Å². The molecule has 100 valence electrons. The molecule has 0 spiro atoms. The molecule has 2 atom stereocenters. The molecule has 0 radical (unpaired) electrons. The molecule has 1 aliphatic rings. The van der Waals surface area contributed by atoms with E-state index in [1.807, 2.05) is 19.1 Å². The number of rotatable bonds is 6. The maximum Gasteiger partial charge on any atom is 0.124 e. The topological polar surface area (TPSA) is 41.5 Å². The van der Waals surface area contributed by atoms with Crippen LogP contribution in [0.15, 0.2) is 18.2 Å². The quantitative estimate of drug-likeness (QED) is 0.813. The monoisotopic (exact) mass is 249 g/mol. The van der Waals surface area contributed by atoms with Gasteiger partial charge in [-0.1, -0.05) is 13.0 Å². The van der Waals surface area contributed by atoms with Crippen molar-refractivity contribution >= 4 is 0 Å². The molecule has 1 aromatic rings. The van der Waals surface area contributed by atoms with Crippen LogP contribution in [0.25, 0.3) is 0 Å². The van der Waals surface area contributed by atoms with Gasteiger partial charge in [0.05, 0.1) is 13.2 Å². The Balaban J connectivity index is 2.17. The van der Waals surface area contributed by atoms with Crippen molar-refractivity contribution in [3.63, 3.8) is 0 Å². The van der Waals surface area contributed by atoms with Crippen molar-refractivity contribution in [1.29, 1.82) is 0 Å². The third-order valence-electron chi connectivity index (χ3n) is 3.57. The van der Waals surface area contributed by atoms with Gasteiger partial charge in [0.25, 0.3) is 0 Å². The molecule has 2 N–H and O–H groups in total. The minimum absolute atomic E-state index is 0.0542. The van der Waals surface area contributed by atoms with Gasteiger partial charge in [0.1, 0.15) is 5.75 Å². The van der Waals surface area contributed by atoms with E-state index in [0.29, 0.717) is 6.04 Å². The Hall–Kier alpha value is -1.06. The van der Waals surface area contributed by atoms with Crippen molar-refractivity contribution < 1.29 is 9.84 Å². The average Bonchev–Trinajstić information content (AvgIpc) is 3.20. The predicted octanol–water partition coefficient (Wildman–Crippen LogP) is 2.43. The molecule has 2 rings (SSSR count). The van der Waals surface area contributed by atoms with Gasteiger partial charge in [0.15, 0.2) is 0 Å². The summed E-state index contributed by atoms with van der Waals surface area (Å²) in [7, 11) is 1.65. The van der Waals surface area contributed by atoms with Gasteiger partial charge in [-0.05, 0) is 43.9 Å². The molecular formula is C15H23NO2. The van der Waals surface area contributed by atoms with E-state index in [1.165, 1.54) is 18.4 Å². The zero-order valence-electron chi connectivity index (χ0n) is 11.4. The normalized spacial score (nSPS) is 18.4. The number of hydrogen-bond donors (Lipinski definition) is 2. The zero-order valence-corrected chi connectivity index (χ0v) is 11.4. The van der Waals surface area contributed by atoms with E-state index in [1.54, 1.807) is 7.11 Å². The highest BCUT2D eigenvalue weighted by atomic mass is 16.5. The zero-order chi connectivity index (χ0) is 13.1. The van der Waals surface area contributed by atoms with Crippen LogP contribution in [0.3, 0.4) is 0 Å². The van der Waals surface area contributed by atoms with Crippen molar-refractivity contribution in [1.82, 2.24) is 5.32 Å². The summed E-state index contributed by atoms with van der Waals surface area (Å²) in [6.45, 7) is 4.14. The van der Waals surface area contributed by atoms with E-state index in [0.717, 1.165) is 17.7 Å². The molecule has 0 saturated heterocycles. The van der Waals surface area contributed by atoms with Gasteiger partial charge in [0, 0.05) is 17.6 Å². The maximum absolute atomic E-state index is 10.5. The van der Waals surface area contributed by atoms with Crippen molar-refractivity contribution in [2.24, 2.45) is 0 Å². The predicted molar refractivity (Wildman–Crippen MR) is 73.0 cm³/mol. The number of aliphatic hydroxyl groups excluding tert-OH is 1. The lowest BCUT2D eigenvalue weighted by atomic mass is 9.99. The molecule has 2 unspecified atom stereocenters. The second kappa shape index (κ2) is 5.72. The van der Waals surface area contributed by atoms with Gasteiger partial charge in [-0.3, -0.25) is 0 Å². The number of aliphatic hydroxyl groups is 1. The first-order chi connectivity index (χ1) is 8.65. The fraction of sp³-hybridized carbons (Fsp3) is 0.600. The van der Waals surface area contributed by atoms with Crippen LogP contribution in [0.5, 0.6) is 5.75 Å². The number of methoxy groups -OCH3 is 1. The van der Waals surface area contributed by atoms with Gasteiger partial charge in [-0.2, -0.15) is 0 Å². The first kappa shape index (κ1) is 13.4. The number of ether oxygens (including phenoxy) is 1. The van der Waals surface area contributed by atoms with Crippen LogP contribution in [0.4, 0.5) is 0 Å². The molecule has 0 heterocycles. The highest BCUT2D eigenvalue weighted by Crippen LogP contribution is 2.30. The summed E-state index contributed by atoms with van der Waals surface area (Å²) in [5.41, 5.74) is 2.11. The molecule has 0 aromatic heterocycles. The van der Waals surface area contributed by atoms with Crippen molar-refractivity contribution in [2.75, 3.05) is 7.11 Å². The van der Waals surface area contributed by atoms with Crippen LogP contribution >= 0.6 is 0 Å². The molecule has 0 aliphatic heterocycles. The number of benzene rings is 1. The SMILES string of the molecule is CCc1ccc(OC)c(C(O)C(C)NC2CC2)c1. The highest BCUT2D eigenvalue weighted by molar-refractivity contribution is 5.39. The van der Waals surface area contributed by atoms with Crippen LogP contribution < -0.4 is 10.1 Å². The van der Waals surface area contributed by atoms with E-state index < -0.39 is 6.10 Å². The maximum atomic E-state index is 10.5. The third kappa shape index (κ3) is 3.03. The van der Waals surface area contributed by atoms with E-state index in [4.69, 9.17) is 4.74 Å². The summed E-state index contributed by atoms with van der Waals surface area (Å²) in [6, 6.07) is 6.69. The van der Waals surface area contributed by atoms with Gasteiger partial charge < -0.3 is 15.2 Å². The number of hydrogen-bond acceptors (Lipinski definition) is 3. The van der Waals surface area contributed by atoms with Crippen LogP contribution in [0, 0.1) is 0 Å². The lowest BCUT2D eigenvalue weighted by Gasteiger charge is -2.23. The summed E-state index contributed by atoms with van der Waals surface area (Å²) in [5, 5.41) is 13.9. The fourth-order valence-corrected chi connectivity index (χ4v) is 2.22. The summed E-state index contributed by atoms with van der Waals surface area (Å²) >= 11 is 0. The van der Waals surface area contributed by atoms with E-state index in [-0.39, 0.29) is 6.04 Å². The largest absolute Gasteiger partial charge is 0.496 e. The third-order valence-corrected chi connectivity index (χ3v) is 3.57. The fourth-order valence-electron chi connectivity index (χ4n) is 2.22. The molecule has 3 nitrogen and oxygen atoms in total. The molecule has 3 heteroatoms. The second-order valence-electron chi connectivity index (χ2n) is 5.10. The molecule has 0 amide bonds. The smallest absolute Gasteiger partial charge is 0.124 e. The Morgan fingerprint density at radius 1 is 1.44 bits per heavy atom. The van der Waals surface area contributed by atoms with Crippen molar-refractivity contribution in [3.05, 3.63) is 29.3 Å². The molecule has 1 fully saturated rings. The highest BCUT2D eigenvalue weighted by Gasteiger charge is 2.27. The van der Waals surface area contributed by atoms with E-state index >= 15 is 0 Å². The summed E-state index contributed by atoms with van der Waals surface area (Å²) in [5.74, 6) is 0.768. The molecular weight excluding hydrogens is 226 g/mol. The van der Waals surface area contributed by atoms with E-state index in [2.05, 4.69) is 18.3 Å². The number of aryl methyl sites for hydroxylation is 1. The molecule has 18 heavy (non-hydrogen) atoms. The summed E-state index contributed by atoms with van der Waals surface area (Å²) in [6.07, 6.45) is 2.90. The van der Waals surface area contributed by atoms with Crippen LogP contribution in [-0.2, 0) is 6.42 Å². The first-order valence-electron chi connectivity index (χ1n) is 6.76. The second-order valence-corrected chi connectivity index (χ2v) is 5.10. The standard InChI is InChI=1S/C15H23NO2/c1-4-11-5-8-14(18-3)13(9-11)15(17)10(2)16-12-6-7-12/h5,8-10,12,15-17H,4,6-7H2,1-3H3. The average molecular weight is 249 g/mol. The van der Waals surface area contributed by atoms with Crippen LogP contribution in [0.1, 0.15) is 43.9 Å². The summed E-state index contributed by atoms with van der Waals surface area (Å²) < 4.78 is 5.35. The Morgan fingerprint density at radius 2 is 2.17 bits per heavy atom. The Kier molecular flexibility index (Phi) is 4.25. The molecule has 1 saturated carbocycles. The van der Waals surface area contributed by atoms with Gasteiger partial charge in [-0.25, -0.2) is 0 Å². The lowest BCUT2D eigenvalue weighted by Crippen LogP contribution is -2.33. The van der Waals surface area contributed by atoms with Gasteiger partial charge in [0.2, 0.25) is 0 Å². The molecule has 1 aromatic carbocycles. The minimum Gasteiger partial charge on any atom is -0.496 e. The summed E-state index contributed by atoms with van der Waals surface area (Å²) in [4.78, 5) is 0. The van der Waals surface area contributed by atoms with Gasteiger partial charge >= 0.3 is 0 Å². The van der Waals surface area contributed by atoms with Crippen molar-refractivity contribution in [3.8, 4) is 5.75 Å². The van der Waals surface area contributed by atoms with Crippen LogP contribution in [0.2, 0.25) is 0 Å². The Morgan fingerprint density at radius 3 is 2.72 bits per heavy atom. The van der Waals surface area contributed by atoms with E-state index in [9.17, 15) is 5.11 Å². The minimum atomic E-state index is -0.521. The Bertz CT molecular complexity index is 401. The molecule has 0 bridgehead atoms. The number of nitrogens with one attached hydrogen (secondary N) is 1. The molecule has 1 aliphatic carbocycles. The van der Waals surface area contributed by atoms with Crippen molar-refractivity contribution in [2.45, 2.75) is 51.3 Å². The van der Waals surface area contributed by atoms with Crippen LogP contribution in [-0.4, -0.2) is 24.3 Å². The lowest BCUT2D eigenvalue weighted by molar-refractivity contribution is 0.132. The first-order valence-corrected chi connectivity index (χ1v) is 6.76. The Labute approximate surface area is 109 Å².